The van der Waals surface area contributed by atoms with Crippen molar-refractivity contribution in [2.75, 3.05) is 16.2 Å². The van der Waals surface area contributed by atoms with Crippen LogP contribution in [-0.4, -0.2) is 43.7 Å². The van der Waals surface area contributed by atoms with Crippen molar-refractivity contribution < 1.29 is 26.3 Å². The Morgan fingerprint density at radius 2 is 1.95 bits per heavy atom. The summed E-state index contributed by atoms with van der Waals surface area (Å²) in [4.78, 5) is 17.8. The number of aryl methyl sites for hydroxylation is 1. The summed E-state index contributed by atoms with van der Waals surface area (Å²) in [5.74, 6) is -1.43. The normalized spacial score (nSPS) is 16.9. The second-order valence-electron chi connectivity index (χ2n) is 9.49. The number of sulfonamides is 1. The predicted octanol–water partition coefficient (Wildman–Crippen LogP) is 3.71. The highest BCUT2D eigenvalue weighted by Crippen LogP contribution is 2.37. The van der Waals surface area contributed by atoms with Crippen LogP contribution in [0.5, 0.6) is 5.75 Å². The topological polar surface area (TPSA) is 135 Å². The molecule has 37 heavy (non-hydrogen) atoms. The molecule has 2 N–H and O–H groups in total. The SMILES string of the molecule is CCCS(=O)(=O)Nc1ccc2c(c1)S(=O)(=O)CC(c1c(O)c3cc(F)ccc3n(CCC3CC3)c1=O)=N2. The summed E-state index contributed by atoms with van der Waals surface area (Å²) >= 11 is 0. The quantitative estimate of drug-likeness (QED) is 0.442. The summed E-state index contributed by atoms with van der Waals surface area (Å²) in [6.07, 6.45) is 3.28. The largest absolute Gasteiger partial charge is 0.506 e. The van der Waals surface area contributed by atoms with Gasteiger partial charge in [0.2, 0.25) is 10.0 Å². The van der Waals surface area contributed by atoms with Gasteiger partial charge in [-0.1, -0.05) is 19.8 Å². The van der Waals surface area contributed by atoms with Gasteiger partial charge in [0.15, 0.2) is 9.84 Å². The van der Waals surface area contributed by atoms with Gasteiger partial charge in [0.1, 0.15) is 17.1 Å². The van der Waals surface area contributed by atoms with Gasteiger partial charge in [-0.2, -0.15) is 0 Å². The average Bonchev–Trinajstić information content (AvgIpc) is 3.64. The van der Waals surface area contributed by atoms with Crippen molar-refractivity contribution >= 4 is 47.8 Å². The monoisotopic (exact) mass is 547 g/mol. The number of hydrogen-bond donors (Lipinski definition) is 2. The van der Waals surface area contributed by atoms with Crippen LogP contribution in [0.1, 0.15) is 38.2 Å². The molecular weight excluding hydrogens is 521 g/mol. The summed E-state index contributed by atoms with van der Waals surface area (Å²) in [7, 11) is -7.69. The Balaban J connectivity index is 1.64. The lowest BCUT2D eigenvalue weighted by Gasteiger charge is -2.20. The first-order valence-electron chi connectivity index (χ1n) is 12.0. The fourth-order valence-corrected chi connectivity index (χ4v) is 7.18. The summed E-state index contributed by atoms with van der Waals surface area (Å²) < 4.78 is 68.6. The Kier molecular flexibility index (Phi) is 6.35. The van der Waals surface area contributed by atoms with Gasteiger partial charge in [-0.05, 0) is 55.2 Å². The molecule has 2 aliphatic rings. The lowest BCUT2D eigenvalue weighted by molar-refractivity contribution is 0.476. The van der Waals surface area contributed by atoms with Gasteiger partial charge in [0.25, 0.3) is 5.56 Å². The minimum Gasteiger partial charge on any atom is -0.506 e. The van der Waals surface area contributed by atoms with Crippen LogP contribution in [-0.2, 0) is 26.4 Å². The third-order valence-electron chi connectivity index (χ3n) is 6.57. The molecule has 2 aromatic carbocycles. The van der Waals surface area contributed by atoms with Crippen molar-refractivity contribution in [1.82, 2.24) is 4.57 Å². The molecular formula is C25H26FN3O6S2. The number of aromatic nitrogens is 1. The van der Waals surface area contributed by atoms with Crippen LogP contribution in [0.3, 0.4) is 0 Å². The first kappa shape index (κ1) is 25.4. The fourth-order valence-electron chi connectivity index (χ4n) is 4.60. The van der Waals surface area contributed by atoms with E-state index >= 15 is 0 Å². The molecule has 0 amide bonds. The van der Waals surface area contributed by atoms with Crippen LogP contribution in [0.4, 0.5) is 15.8 Å². The van der Waals surface area contributed by atoms with E-state index in [1.54, 1.807) is 6.92 Å². The Morgan fingerprint density at radius 3 is 2.65 bits per heavy atom. The van der Waals surface area contributed by atoms with Crippen LogP contribution < -0.4 is 10.3 Å². The molecule has 12 heteroatoms. The number of nitrogens with one attached hydrogen (secondary N) is 1. The van der Waals surface area contributed by atoms with Gasteiger partial charge in [0.05, 0.1) is 33.3 Å². The molecule has 1 aromatic heterocycles. The highest BCUT2D eigenvalue weighted by Gasteiger charge is 2.32. The van der Waals surface area contributed by atoms with Gasteiger partial charge < -0.3 is 9.67 Å². The molecule has 5 rings (SSSR count). The highest BCUT2D eigenvalue weighted by atomic mass is 32.2. The van der Waals surface area contributed by atoms with Crippen LogP contribution in [0, 0.1) is 11.7 Å². The Labute approximate surface area is 213 Å². The third kappa shape index (κ3) is 4.99. The van der Waals surface area contributed by atoms with Gasteiger partial charge in [-0.15, -0.1) is 0 Å². The predicted molar refractivity (Wildman–Crippen MR) is 140 cm³/mol. The van der Waals surface area contributed by atoms with Crippen molar-refractivity contribution in [2.24, 2.45) is 10.9 Å². The van der Waals surface area contributed by atoms with E-state index in [0.717, 1.165) is 25.3 Å². The van der Waals surface area contributed by atoms with E-state index in [2.05, 4.69) is 9.71 Å². The zero-order valence-electron chi connectivity index (χ0n) is 20.1. The number of pyridine rings is 1. The number of benzene rings is 2. The van der Waals surface area contributed by atoms with Crippen molar-refractivity contribution in [2.45, 2.75) is 44.0 Å². The molecule has 1 fully saturated rings. The van der Waals surface area contributed by atoms with Crippen molar-refractivity contribution in [1.29, 1.82) is 0 Å². The lowest BCUT2D eigenvalue weighted by atomic mass is 10.1. The Morgan fingerprint density at radius 1 is 1.19 bits per heavy atom. The van der Waals surface area contributed by atoms with Crippen molar-refractivity contribution in [3.8, 4) is 5.75 Å². The fraction of sp³-hybridized carbons (Fsp3) is 0.360. The number of aromatic hydroxyl groups is 1. The molecule has 0 saturated heterocycles. The van der Waals surface area contributed by atoms with Crippen molar-refractivity contribution in [3.05, 3.63) is 58.1 Å². The number of hydrogen-bond acceptors (Lipinski definition) is 7. The molecule has 9 nitrogen and oxygen atoms in total. The lowest BCUT2D eigenvalue weighted by Crippen LogP contribution is -2.32. The minimum absolute atomic E-state index is 0.0161. The Hall–Kier alpha value is -3.25. The smallest absolute Gasteiger partial charge is 0.263 e. The maximum atomic E-state index is 14.1. The van der Waals surface area contributed by atoms with E-state index in [-0.39, 0.29) is 38.7 Å². The minimum atomic E-state index is -4.05. The molecule has 0 bridgehead atoms. The summed E-state index contributed by atoms with van der Waals surface area (Å²) in [5, 5.41) is 11.1. The summed E-state index contributed by atoms with van der Waals surface area (Å²) in [6, 6.07) is 7.68. The van der Waals surface area contributed by atoms with E-state index in [9.17, 15) is 31.1 Å². The number of anilines is 1. The average molecular weight is 548 g/mol. The molecule has 0 unspecified atom stereocenters. The van der Waals surface area contributed by atoms with Crippen LogP contribution in [0.2, 0.25) is 0 Å². The molecule has 1 aliphatic heterocycles. The standard InChI is InChI=1S/C25H26FN3O6S2/c1-2-11-37(34,35)28-17-6-7-19-22(13-17)36(32,33)14-20(27-19)23-24(30)18-12-16(26)5-8-21(18)29(25(23)31)10-9-15-3-4-15/h5-8,12-13,15,28,30H,2-4,9-11,14H2,1H3. The molecule has 0 radical (unpaired) electrons. The van der Waals surface area contributed by atoms with Gasteiger partial charge >= 0.3 is 0 Å². The van der Waals surface area contributed by atoms with Gasteiger partial charge in [0, 0.05) is 17.6 Å². The molecule has 1 saturated carbocycles. The third-order valence-corrected chi connectivity index (χ3v) is 9.71. The molecule has 1 aliphatic carbocycles. The van der Waals surface area contributed by atoms with E-state index in [0.29, 0.717) is 24.4 Å². The van der Waals surface area contributed by atoms with Gasteiger partial charge in [-0.25, -0.2) is 21.2 Å². The number of rotatable bonds is 8. The maximum absolute atomic E-state index is 14.1. The second-order valence-corrected chi connectivity index (χ2v) is 13.3. The van der Waals surface area contributed by atoms with E-state index in [4.69, 9.17) is 0 Å². The summed E-state index contributed by atoms with van der Waals surface area (Å²) in [6.45, 7) is 2.06. The first-order chi connectivity index (χ1) is 17.5. The van der Waals surface area contributed by atoms with Crippen LogP contribution in [0.15, 0.2) is 51.1 Å². The van der Waals surface area contributed by atoms with E-state index in [1.807, 2.05) is 0 Å². The number of aliphatic imine (C=N–C) groups is 1. The van der Waals surface area contributed by atoms with Crippen molar-refractivity contribution in [3.63, 3.8) is 0 Å². The highest BCUT2D eigenvalue weighted by molar-refractivity contribution is 7.93. The molecule has 196 valence electrons. The molecule has 2 heterocycles. The number of nitrogens with zero attached hydrogens (tertiary/aromatic N) is 2. The zero-order valence-corrected chi connectivity index (χ0v) is 21.7. The van der Waals surface area contributed by atoms with Crippen LogP contribution >= 0.6 is 0 Å². The number of sulfone groups is 1. The first-order valence-corrected chi connectivity index (χ1v) is 15.3. The summed E-state index contributed by atoms with van der Waals surface area (Å²) in [5.41, 5.74) is -0.574. The number of fused-ring (bicyclic) bond motifs is 2. The number of halogens is 1. The Bertz CT molecular complexity index is 1730. The van der Waals surface area contributed by atoms with Gasteiger partial charge in [-0.3, -0.25) is 14.5 Å². The van der Waals surface area contributed by atoms with E-state index in [1.165, 1.54) is 34.9 Å². The molecule has 0 atom stereocenters. The maximum Gasteiger partial charge on any atom is 0.263 e. The van der Waals surface area contributed by atoms with Crippen LogP contribution in [0.25, 0.3) is 10.9 Å². The van der Waals surface area contributed by atoms with E-state index < -0.39 is 42.7 Å². The molecule has 0 spiro atoms. The zero-order chi connectivity index (χ0) is 26.5. The molecule has 3 aromatic rings. The second kappa shape index (κ2) is 9.25.